The molecule has 0 aliphatic rings. The van der Waals surface area contributed by atoms with Crippen molar-refractivity contribution in [3.05, 3.63) is 29.8 Å². The highest BCUT2D eigenvalue weighted by atomic mass is 31.2. The Morgan fingerprint density at radius 1 is 1.47 bits per heavy atom. The predicted molar refractivity (Wildman–Crippen MR) is 66.7 cm³/mol. The molecule has 19 heavy (non-hydrogen) atoms. The Morgan fingerprint density at radius 3 is 2.53 bits per heavy atom. The van der Waals surface area contributed by atoms with Crippen LogP contribution in [-0.2, 0) is 9.36 Å². The summed E-state index contributed by atoms with van der Waals surface area (Å²) in [7, 11) is -3.96. The highest BCUT2D eigenvalue weighted by Gasteiger charge is 2.24. The molecule has 0 fully saturated rings. The van der Waals surface area contributed by atoms with E-state index in [0.717, 1.165) is 0 Å². The van der Waals surface area contributed by atoms with Gasteiger partial charge in [-0.05, 0) is 30.7 Å². The van der Waals surface area contributed by atoms with E-state index in [4.69, 9.17) is 20.6 Å². The average Bonchev–Trinajstić information content (AvgIpc) is 2.36. The summed E-state index contributed by atoms with van der Waals surface area (Å²) in [5.41, 5.74) is 5.63. The van der Waals surface area contributed by atoms with Gasteiger partial charge in [-0.3, -0.25) is 4.79 Å². The van der Waals surface area contributed by atoms with Crippen LogP contribution < -0.4 is 10.3 Å². The smallest absolute Gasteiger partial charge is 0.376 e. The zero-order chi connectivity index (χ0) is 14.5. The maximum absolute atomic E-state index is 11.7. The minimum Gasteiger partial charge on any atom is -0.480 e. The third kappa shape index (κ3) is 5.10. The van der Waals surface area contributed by atoms with Crippen molar-refractivity contribution in [2.24, 2.45) is 5.73 Å². The molecule has 0 spiro atoms. The Labute approximate surface area is 109 Å². The SMILES string of the molecule is N#Cc1ccc(OP(=O)(O)CCC(N)C(=O)O)cc1. The molecule has 0 aliphatic carbocycles. The number of aliphatic carboxylic acids is 1. The molecule has 0 saturated heterocycles. The van der Waals surface area contributed by atoms with E-state index in [0.29, 0.717) is 5.56 Å². The van der Waals surface area contributed by atoms with E-state index in [2.05, 4.69) is 0 Å². The van der Waals surface area contributed by atoms with E-state index >= 15 is 0 Å². The zero-order valence-electron chi connectivity index (χ0n) is 9.89. The number of nitrogens with zero attached hydrogens (tertiary/aromatic N) is 1. The molecule has 8 heteroatoms. The van der Waals surface area contributed by atoms with Crippen molar-refractivity contribution in [2.45, 2.75) is 12.5 Å². The highest BCUT2D eigenvalue weighted by molar-refractivity contribution is 7.53. The van der Waals surface area contributed by atoms with Crippen LogP contribution in [0.1, 0.15) is 12.0 Å². The van der Waals surface area contributed by atoms with Gasteiger partial charge in [0.05, 0.1) is 17.8 Å². The van der Waals surface area contributed by atoms with E-state index in [1.165, 1.54) is 24.3 Å². The topological polar surface area (TPSA) is 134 Å². The lowest BCUT2D eigenvalue weighted by Crippen LogP contribution is -2.31. The first-order chi connectivity index (χ1) is 8.84. The zero-order valence-corrected chi connectivity index (χ0v) is 10.8. The fraction of sp³-hybridized carbons (Fsp3) is 0.273. The molecule has 2 unspecified atom stereocenters. The van der Waals surface area contributed by atoms with Crippen LogP contribution in [0.2, 0.25) is 0 Å². The second kappa shape index (κ2) is 6.34. The Kier molecular flexibility index (Phi) is 5.07. The van der Waals surface area contributed by atoms with Crippen LogP contribution in [0.4, 0.5) is 0 Å². The summed E-state index contributed by atoms with van der Waals surface area (Å²) >= 11 is 0. The first-order valence-corrected chi connectivity index (χ1v) is 7.10. The maximum Gasteiger partial charge on any atom is 0.376 e. The third-order valence-corrected chi connectivity index (χ3v) is 3.59. The Bertz CT molecular complexity index is 537. The van der Waals surface area contributed by atoms with Crippen LogP contribution in [0.5, 0.6) is 5.75 Å². The first-order valence-electron chi connectivity index (χ1n) is 5.34. The molecule has 4 N–H and O–H groups in total. The van der Waals surface area contributed by atoms with Crippen molar-refractivity contribution < 1.29 is 23.9 Å². The number of carboxylic acid groups (broad SMARTS) is 1. The van der Waals surface area contributed by atoms with E-state index in [1.54, 1.807) is 0 Å². The monoisotopic (exact) mass is 284 g/mol. The number of hydrogen-bond acceptors (Lipinski definition) is 5. The number of carbonyl (C=O) groups is 1. The van der Waals surface area contributed by atoms with Crippen molar-refractivity contribution >= 4 is 13.6 Å². The Morgan fingerprint density at radius 2 is 2.05 bits per heavy atom. The molecule has 1 rings (SSSR count). The van der Waals surface area contributed by atoms with Gasteiger partial charge in [0.1, 0.15) is 11.8 Å². The summed E-state index contributed by atoms with van der Waals surface area (Å²) in [5.74, 6) is -1.10. The van der Waals surface area contributed by atoms with Crippen molar-refractivity contribution in [2.75, 3.05) is 6.16 Å². The standard InChI is InChI=1S/C11H13N2O5P/c12-7-8-1-3-9(4-2-8)18-19(16,17)6-5-10(13)11(14)15/h1-4,10H,5-6,13H2,(H,14,15)(H,16,17). The summed E-state index contributed by atoms with van der Waals surface area (Å²) < 4.78 is 16.6. The normalized spacial score (nSPS) is 15.0. The molecule has 0 radical (unpaired) electrons. The molecular weight excluding hydrogens is 271 g/mol. The summed E-state index contributed by atoms with van der Waals surface area (Å²) in [5, 5.41) is 17.2. The van der Waals surface area contributed by atoms with Gasteiger partial charge in [-0.25, -0.2) is 4.57 Å². The lowest BCUT2D eigenvalue weighted by Gasteiger charge is -2.14. The summed E-state index contributed by atoms with van der Waals surface area (Å²) in [6.45, 7) is 0. The lowest BCUT2D eigenvalue weighted by molar-refractivity contribution is -0.138. The fourth-order valence-corrected chi connectivity index (χ4v) is 2.37. The Hall–Kier alpha value is -1.87. The van der Waals surface area contributed by atoms with Crippen molar-refractivity contribution in [3.8, 4) is 11.8 Å². The molecule has 0 aromatic heterocycles. The summed E-state index contributed by atoms with van der Waals surface area (Å²) in [6.07, 6.45) is -0.528. The number of carboxylic acids is 1. The molecule has 2 atom stereocenters. The van der Waals surface area contributed by atoms with Gasteiger partial charge in [-0.15, -0.1) is 0 Å². The van der Waals surface area contributed by atoms with Gasteiger partial charge in [0.25, 0.3) is 0 Å². The molecular formula is C11H13N2O5P. The highest BCUT2D eigenvalue weighted by Crippen LogP contribution is 2.43. The second-order valence-electron chi connectivity index (χ2n) is 3.82. The van der Waals surface area contributed by atoms with Crippen molar-refractivity contribution in [1.82, 2.24) is 0 Å². The lowest BCUT2D eigenvalue weighted by atomic mass is 10.2. The van der Waals surface area contributed by atoms with Crippen LogP contribution in [0.25, 0.3) is 0 Å². The largest absolute Gasteiger partial charge is 0.480 e. The molecule has 1 aromatic rings. The molecule has 7 nitrogen and oxygen atoms in total. The van der Waals surface area contributed by atoms with Gasteiger partial charge in [-0.2, -0.15) is 5.26 Å². The van der Waals surface area contributed by atoms with Gasteiger partial charge >= 0.3 is 13.6 Å². The number of nitrogens with two attached hydrogens (primary N) is 1. The van der Waals surface area contributed by atoms with Crippen LogP contribution >= 0.6 is 7.60 Å². The van der Waals surface area contributed by atoms with Gasteiger partial charge in [0.2, 0.25) is 0 Å². The molecule has 0 saturated carbocycles. The number of rotatable bonds is 6. The number of hydrogen-bond donors (Lipinski definition) is 3. The first kappa shape index (κ1) is 15.2. The second-order valence-corrected chi connectivity index (χ2v) is 5.73. The minimum absolute atomic E-state index is 0.133. The molecule has 102 valence electrons. The summed E-state index contributed by atoms with van der Waals surface area (Å²) in [6, 6.07) is 6.36. The quantitative estimate of drug-likeness (QED) is 0.661. The number of nitriles is 1. The van der Waals surface area contributed by atoms with Gasteiger partial charge < -0.3 is 20.3 Å². The van der Waals surface area contributed by atoms with Crippen LogP contribution in [-0.4, -0.2) is 28.2 Å². The van der Waals surface area contributed by atoms with E-state index in [1.807, 2.05) is 6.07 Å². The molecule has 0 aliphatic heterocycles. The van der Waals surface area contributed by atoms with Crippen LogP contribution in [0.15, 0.2) is 24.3 Å². The Balaban J connectivity index is 2.61. The summed E-state index contributed by atoms with van der Waals surface area (Å²) in [4.78, 5) is 20.0. The van der Waals surface area contributed by atoms with E-state index in [-0.39, 0.29) is 18.3 Å². The van der Waals surface area contributed by atoms with Crippen molar-refractivity contribution in [3.63, 3.8) is 0 Å². The third-order valence-electron chi connectivity index (χ3n) is 2.27. The van der Waals surface area contributed by atoms with Crippen LogP contribution in [0, 0.1) is 11.3 Å². The van der Waals surface area contributed by atoms with Crippen LogP contribution in [0.3, 0.4) is 0 Å². The fourth-order valence-electron chi connectivity index (χ4n) is 1.23. The van der Waals surface area contributed by atoms with E-state index in [9.17, 15) is 14.3 Å². The molecule has 0 bridgehead atoms. The van der Waals surface area contributed by atoms with Crippen molar-refractivity contribution in [1.29, 1.82) is 5.26 Å². The number of benzene rings is 1. The van der Waals surface area contributed by atoms with Gasteiger partial charge in [0, 0.05) is 0 Å². The van der Waals surface area contributed by atoms with E-state index < -0.39 is 19.6 Å². The predicted octanol–water partition coefficient (Wildman–Crippen LogP) is 0.924. The minimum atomic E-state index is -3.96. The maximum atomic E-state index is 11.7. The average molecular weight is 284 g/mol. The molecule has 0 heterocycles. The van der Waals surface area contributed by atoms with Gasteiger partial charge in [-0.1, -0.05) is 0 Å². The molecule has 1 aromatic carbocycles. The molecule has 0 amide bonds. The van der Waals surface area contributed by atoms with Gasteiger partial charge in [0.15, 0.2) is 0 Å².